The van der Waals surface area contributed by atoms with Gasteiger partial charge >= 0.3 is 0 Å². The van der Waals surface area contributed by atoms with Crippen LogP contribution < -0.4 is 0 Å². The zero-order valence-electron chi connectivity index (χ0n) is 19.2. The van der Waals surface area contributed by atoms with Crippen LogP contribution in [0.2, 0.25) is 0 Å². The predicted octanol–water partition coefficient (Wildman–Crippen LogP) is 5.33. The van der Waals surface area contributed by atoms with E-state index in [1.54, 1.807) is 12.4 Å². The van der Waals surface area contributed by atoms with Crippen molar-refractivity contribution >= 4 is 18.0 Å². The second-order valence-electron chi connectivity index (χ2n) is 8.78. The van der Waals surface area contributed by atoms with Crippen LogP contribution in [0.25, 0.3) is 17.1 Å². The molecular weight excluding hydrogens is 442 g/mol. The Morgan fingerprint density at radius 1 is 0.971 bits per heavy atom. The van der Waals surface area contributed by atoms with E-state index in [1.165, 1.54) is 5.56 Å². The number of nitrogens with zero attached hydrogens (tertiary/aromatic N) is 5. The van der Waals surface area contributed by atoms with E-state index >= 15 is 0 Å². The molecule has 0 saturated carbocycles. The average molecular weight is 470 g/mol. The lowest BCUT2D eigenvalue weighted by molar-refractivity contribution is 0.0803. The van der Waals surface area contributed by atoms with Gasteiger partial charge in [0.1, 0.15) is 0 Å². The molecule has 1 fully saturated rings. The standard InChI is InChI=1S/C27H27N5OS/c1-20-7-9-24(10-8-20)32-26(23-11-15-28-16-12-23)29-31(27(32)34)19-30-17-13-22(14-18-30)25(33)21-5-3-2-4-6-21/h2-12,15-16,22H,13-14,17-19H2,1H3. The monoisotopic (exact) mass is 469 g/mol. The van der Waals surface area contributed by atoms with Crippen LogP contribution >= 0.6 is 12.2 Å². The highest BCUT2D eigenvalue weighted by molar-refractivity contribution is 7.71. The van der Waals surface area contributed by atoms with E-state index in [2.05, 4.69) is 41.1 Å². The average Bonchev–Trinajstić information content (AvgIpc) is 3.21. The van der Waals surface area contributed by atoms with Gasteiger partial charge in [-0.1, -0.05) is 48.0 Å². The molecule has 5 rings (SSSR count). The molecule has 172 valence electrons. The molecule has 34 heavy (non-hydrogen) atoms. The maximum atomic E-state index is 12.8. The van der Waals surface area contributed by atoms with Crippen molar-refractivity contribution in [3.63, 3.8) is 0 Å². The summed E-state index contributed by atoms with van der Waals surface area (Å²) in [5.74, 6) is 1.12. The maximum absolute atomic E-state index is 12.8. The number of pyridine rings is 1. The van der Waals surface area contributed by atoms with Gasteiger partial charge in [0.2, 0.25) is 4.77 Å². The molecule has 6 nitrogen and oxygen atoms in total. The summed E-state index contributed by atoms with van der Waals surface area (Å²) < 4.78 is 4.57. The zero-order chi connectivity index (χ0) is 23.5. The number of aromatic nitrogens is 4. The number of piperidine rings is 1. The minimum atomic E-state index is 0.0733. The fourth-order valence-corrected chi connectivity index (χ4v) is 4.77. The number of carbonyl (C=O) groups is 1. The summed E-state index contributed by atoms with van der Waals surface area (Å²) in [7, 11) is 0. The molecular formula is C27H27N5OS. The van der Waals surface area contributed by atoms with Gasteiger partial charge in [-0.25, -0.2) is 4.68 Å². The molecule has 1 saturated heterocycles. The first-order valence-electron chi connectivity index (χ1n) is 11.6. The van der Waals surface area contributed by atoms with Crippen molar-refractivity contribution in [2.75, 3.05) is 13.1 Å². The fraction of sp³-hybridized carbons (Fsp3) is 0.259. The number of hydrogen-bond donors (Lipinski definition) is 0. The molecule has 0 atom stereocenters. The van der Waals surface area contributed by atoms with Crippen LogP contribution in [-0.4, -0.2) is 43.1 Å². The lowest BCUT2D eigenvalue weighted by atomic mass is 9.89. The number of aryl methyl sites for hydroxylation is 1. The largest absolute Gasteiger partial charge is 0.294 e. The van der Waals surface area contributed by atoms with Crippen LogP contribution in [0.15, 0.2) is 79.1 Å². The number of likely N-dealkylation sites (tertiary alicyclic amines) is 1. The second kappa shape index (κ2) is 9.83. The minimum Gasteiger partial charge on any atom is -0.294 e. The Bertz CT molecular complexity index is 1320. The first kappa shape index (κ1) is 22.4. The van der Waals surface area contributed by atoms with Gasteiger partial charge in [0.25, 0.3) is 0 Å². The van der Waals surface area contributed by atoms with Gasteiger partial charge in [-0.15, -0.1) is 5.10 Å². The lowest BCUT2D eigenvalue weighted by Crippen LogP contribution is -2.37. The van der Waals surface area contributed by atoms with Crippen molar-refractivity contribution in [2.24, 2.45) is 5.92 Å². The number of carbonyl (C=O) groups excluding carboxylic acids is 1. The third-order valence-electron chi connectivity index (χ3n) is 6.42. The van der Waals surface area contributed by atoms with E-state index in [4.69, 9.17) is 17.3 Å². The van der Waals surface area contributed by atoms with Gasteiger partial charge in [0.15, 0.2) is 11.6 Å². The number of ketones is 1. The van der Waals surface area contributed by atoms with Crippen LogP contribution in [0.3, 0.4) is 0 Å². The molecule has 2 aromatic heterocycles. The van der Waals surface area contributed by atoms with Gasteiger partial charge in [-0.2, -0.15) is 0 Å². The normalized spacial score (nSPS) is 14.9. The summed E-state index contributed by atoms with van der Waals surface area (Å²) in [5, 5.41) is 4.91. The summed E-state index contributed by atoms with van der Waals surface area (Å²) in [6.07, 6.45) is 5.23. The van der Waals surface area contributed by atoms with E-state index in [-0.39, 0.29) is 11.7 Å². The fourth-order valence-electron chi connectivity index (χ4n) is 4.48. The first-order chi connectivity index (χ1) is 16.6. The Kier molecular flexibility index (Phi) is 6.47. The molecule has 0 aliphatic carbocycles. The SMILES string of the molecule is Cc1ccc(-n2c(-c3ccncc3)nn(CN3CCC(C(=O)c4ccccc4)CC3)c2=S)cc1. The third kappa shape index (κ3) is 4.62. The van der Waals surface area contributed by atoms with Gasteiger partial charge < -0.3 is 0 Å². The molecule has 1 aliphatic heterocycles. The third-order valence-corrected chi connectivity index (χ3v) is 6.81. The number of benzene rings is 2. The predicted molar refractivity (Wildman–Crippen MR) is 135 cm³/mol. The number of Topliss-reactive ketones (excluding diaryl/α,β-unsaturated/α-hetero) is 1. The Morgan fingerprint density at radius 2 is 1.65 bits per heavy atom. The van der Waals surface area contributed by atoms with Crippen molar-refractivity contribution in [3.05, 3.63) is 95.0 Å². The van der Waals surface area contributed by atoms with Crippen LogP contribution in [0.1, 0.15) is 28.8 Å². The molecule has 0 spiro atoms. The molecule has 4 aromatic rings. The molecule has 3 heterocycles. The van der Waals surface area contributed by atoms with Crippen LogP contribution in [0.5, 0.6) is 0 Å². The van der Waals surface area contributed by atoms with Gasteiger partial charge in [-0.05, 0) is 56.2 Å². The highest BCUT2D eigenvalue weighted by Gasteiger charge is 2.26. The molecule has 0 radical (unpaired) electrons. The molecule has 7 heteroatoms. The topological polar surface area (TPSA) is 56.0 Å². The summed E-state index contributed by atoms with van der Waals surface area (Å²) in [6, 6.07) is 21.8. The smallest absolute Gasteiger partial charge is 0.204 e. The van der Waals surface area contributed by atoms with E-state index in [0.717, 1.165) is 48.6 Å². The number of hydrogen-bond acceptors (Lipinski definition) is 5. The number of rotatable bonds is 6. The van der Waals surface area contributed by atoms with Crippen LogP contribution in [-0.2, 0) is 6.67 Å². The zero-order valence-corrected chi connectivity index (χ0v) is 20.0. The Morgan fingerprint density at radius 3 is 2.32 bits per heavy atom. The molecule has 0 bridgehead atoms. The van der Waals surface area contributed by atoms with Crippen LogP contribution in [0.4, 0.5) is 0 Å². The molecule has 1 aliphatic rings. The van der Waals surface area contributed by atoms with Crippen molar-refractivity contribution in [3.8, 4) is 17.1 Å². The van der Waals surface area contributed by atoms with E-state index in [9.17, 15) is 4.79 Å². The summed E-state index contributed by atoms with van der Waals surface area (Å²) in [6.45, 7) is 4.35. The Balaban J connectivity index is 1.37. The summed E-state index contributed by atoms with van der Waals surface area (Å²) >= 11 is 5.89. The summed E-state index contributed by atoms with van der Waals surface area (Å²) in [5.41, 5.74) is 3.96. The Labute approximate surface area is 204 Å². The van der Waals surface area contributed by atoms with E-state index in [1.807, 2.05) is 51.7 Å². The summed E-state index contributed by atoms with van der Waals surface area (Å²) in [4.78, 5) is 19.3. The van der Waals surface area contributed by atoms with Crippen LogP contribution in [0, 0.1) is 17.6 Å². The highest BCUT2D eigenvalue weighted by atomic mass is 32.1. The minimum absolute atomic E-state index is 0.0733. The first-order valence-corrected chi connectivity index (χ1v) is 12.0. The van der Waals surface area contributed by atoms with Crippen molar-refractivity contribution < 1.29 is 4.79 Å². The van der Waals surface area contributed by atoms with Gasteiger partial charge in [0.05, 0.1) is 6.67 Å². The van der Waals surface area contributed by atoms with Crippen molar-refractivity contribution in [1.29, 1.82) is 0 Å². The van der Waals surface area contributed by atoms with Gasteiger partial charge in [-0.3, -0.25) is 19.2 Å². The van der Waals surface area contributed by atoms with Gasteiger partial charge in [0, 0.05) is 48.2 Å². The molecule has 2 aromatic carbocycles. The highest BCUT2D eigenvalue weighted by Crippen LogP contribution is 2.25. The van der Waals surface area contributed by atoms with E-state index in [0.29, 0.717) is 11.4 Å². The molecule has 0 amide bonds. The maximum Gasteiger partial charge on any atom is 0.204 e. The Hall–Kier alpha value is -3.42. The van der Waals surface area contributed by atoms with Crippen molar-refractivity contribution in [1.82, 2.24) is 24.2 Å². The van der Waals surface area contributed by atoms with E-state index < -0.39 is 0 Å². The van der Waals surface area contributed by atoms with Crippen molar-refractivity contribution in [2.45, 2.75) is 26.4 Å². The molecule has 0 N–H and O–H groups in total. The quantitative estimate of drug-likeness (QED) is 0.282. The second-order valence-corrected chi connectivity index (χ2v) is 9.14. The lowest BCUT2D eigenvalue weighted by Gasteiger charge is -2.30. The molecule has 0 unspecified atom stereocenters.